The molecule has 0 aliphatic heterocycles. The third-order valence-corrected chi connectivity index (χ3v) is 2.92. The highest BCUT2D eigenvalue weighted by molar-refractivity contribution is 5.84. The van der Waals surface area contributed by atoms with Gasteiger partial charge in [-0.15, -0.1) is 0 Å². The average Bonchev–Trinajstić information content (AvgIpc) is 2.45. The first-order chi connectivity index (χ1) is 10.0. The van der Waals surface area contributed by atoms with Gasteiger partial charge in [0.15, 0.2) is 0 Å². The molecule has 0 aromatic heterocycles. The fourth-order valence-corrected chi connectivity index (χ4v) is 1.76. The molecule has 0 aliphatic rings. The molecule has 6 heteroatoms. The van der Waals surface area contributed by atoms with E-state index in [0.29, 0.717) is 6.42 Å². The van der Waals surface area contributed by atoms with E-state index in [1.807, 2.05) is 30.3 Å². The number of hydrogen-bond acceptors (Lipinski definition) is 3. The van der Waals surface area contributed by atoms with Gasteiger partial charge < -0.3 is 15.7 Å². The van der Waals surface area contributed by atoms with Gasteiger partial charge in [0.25, 0.3) is 0 Å². The van der Waals surface area contributed by atoms with Crippen LogP contribution in [0.3, 0.4) is 0 Å². The molecular formula is C15H20N2O4. The molecule has 0 saturated heterocycles. The quantitative estimate of drug-likeness (QED) is 0.657. The molecular weight excluding hydrogens is 272 g/mol. The zero-order valence-electron chi connectivity index (χ0n) is 12.0. The van der Waals surface area contributed by atoms with Crippen LogP contribution in [0.5, 0.6) is 0 Å². The Hall–Kier alpha value is -2.37. The van der Waals surface area contributed by atoms with E-state index in [4.69, 9.17) is 5.11 Å². The van der Waals surface area contributed by atoms with Gasteiger partial charge in [0.2, 0.25) is 11.8 Å². The minimum atomic E-state index is -1.06. The number of benzene rings is 1. The highest BCUT2D eigenvalue weighted by atomic mass is 16.4. The monoisotopic (exact) mass is 292 g/mol. The van der Waals surface area contributed by atoms with E-state index in [9.17, 15) is 14.4 Å². The van der Waals surface area contributed by atoms with Crippen molar-refractivity contribution in [3.8, 4) is 0 Å². The molecule has 1 aromatic carbocycles. The Morgan fingerprint density at radius 3 is 2.38 bits per heavy atom. The molecule has 1 rings (SSSR count). The van der Waals surface area contributed by atoms with Crippen molar-refractivity contribution in [2.24, 2.45) is 0 Å². The number of carboxylic acids is 1. The lowest BCUT2D eigenvalue weighted by Crippen LogP contribution is -2.41. The Labute approximate surface area is 123 Å². The second-order valence-corrected chi connectivity index (χ2v) is 4.63. The molecule has 1 aromatic rings. The highest BCUT2D eigenvalue weighted by Crippen LogP contribution is 1.99. The second-order valence-electron chi connectivity index (χ2n) is 4.63. The molecule has 0 saturated carbocycles. The van der Waals surface area contributed by atoms with Crippen molar-refractivity contribution in [3.63, 3.8) is 0 Å². The summed E-state index contributed by atoms with van der Waals surface area (Å²) in [6, 6.07) is 8.41. The topological polar surface area (TPSA) is 95.5 Å². The molecule has 0 heterocycles. The van der Waals surface area contributed by atoms with E-state index >= 15 is 0 Å². The zero-order valence-corrected chi connectivity index (χ0v) is 12.0. The van der Waals surface area contributed by atoms with Gasteiger partial charge in [0.05, 0.1) is 6.42 Å². The van der Waals surface area contributed by atoms with Crippen LogP contribution >= 0.6 is 0 Å². The molecule has 0 spiro atoms. The zero-order chi connectivity index (χ0) is 15.7. The Morgan fingerprint density at radius 2 is 1.81 bits per heavy atom. The summed E-state index contributed by atoms with van der Waals surface area (Å²) in [7, 11) is 0. The van der Waals surface area contributed by atoms with Gasteiger partial charge in [-0.2, -0.15) is 0 Å². The first-order valence-electron chi connectivity index (χ1n) is 6.85. The Balaban J connectivity index is 2.25. The molecule has 114 valence electrons. The summed E-state index contributed by atoms with van der Waals surface area (Å²) in [4.78, 5) is 33.9. The number of rotatable bonds is 8. The van der Waals surface area contributed by atoms with E-state index < -0.39 is 12.0 Å². The van der Waals surface area contributed by atoms with Crippen molar-refractivity contribution < 1.29 is 19.5 Å². The molecule has 0 bridgehead atoms. The lowest BCUT2D eigenvalue weighted by atomic mass is 10.1. The third-order valence-electron chi connectivity index (χ3n) is 2.92. The fourth-order valence-electron chi connectivity index (χ4n) is 1.76. The summed E-state index contributed by atoms with van der Waals surface area (Å²) >= 11 is 0. The van der Waals surface area contributed by atoms with E-state index in [1.54, 1.807) is 6.92 Å². The maximum atomic E-state index is 11.6. The van der Waals surface area contributed by atoms with Crippen LogP contribution in [0.1, 0.15) is 25.3 Å². The molecule has 21 heavy (non-hydrogen) atoms. The van der Waals surface area contributed by atoms with E-state index in [0.717, 1.165) is 5.56 Å². The minimum absolute atomic E-state index is 0.0598. The van der Waals surface area contributed by atoms with Gasteiger partial charge in [-0.05, 0) is 12.0 Å². The summed E-state index contributed by atoms with van der Waals surface area (Å²) in [5, 5.41) is 13.9. The third kappa shape index (κ3) is 6.56. The average molecular weight is 292 g/mol. The summed E-state index contributed by atoms with van der Waals surface area (Å²) < 4.78 is 0. The van der Waals surface area contributed by atoms with Crippen LogP contribution in [0.15, 0.2) is 30.3 Å². The van der Waals surface area contributed by atoms with Crippen molar-refractivity contribution in [3.05, 3.63) is 35.9 Å². The molecule has 1 unspecified atom stereocenters. The normalized spacial score (nSPS) is 11.5. The van der Waals surface area contributed by atoms with Crippen molar-refractivity contribution in [2.45, 2.75) is 32.2 Å². The fraction of sp³-hybridized carbons (Fsp3) is 0.400. The number of nitrogens with one attached hydrogen (secondary N) is 2. The number of amides is 2. The number of carboxylic acid groups (broad SMARTS) is 1. The molecule has 6 nitrogen and oxygen atoms in total. The van der Waals surface area contributed by atoms with Gasteiger partial charge >= 0.3 is 5.97 Å². The van der Waals surface area contributed by atoms with Crippen molar-refractivity contribution >= 4 is 17.8 Å². The van der Waals surface area contributed by atoms with Crippen LogP contribution in [0.2, 0.25) is 0 Å². The number of carbonyl (C=O) groups excluding carboxylic acids is 2. The van der Waals surface area contributed by atoms with Gasteiger partial charge in [0, 0.05) is 13.0 Å². The van der Waals surface area contributed by atoms with Gasteiger partial charge in [-0.1, -0.05) is 37.3 Å². The van der Waals surface area contributed by atoms with Crippen molar-refractivity contribution in [1.82, 2.24) is 10.6 Å². The smallest absolute Gasteiger partial charge is 0.326 e. The van der Waals surface area contributed by atoms with E-state index in [1.165, 1.54) is 0 Å². The number of carbonyl (C=O) groups is 3. The van der Waals surface area contributed by atoms with Crippen LogP contribution in [-0.4, -0.2) is 35.5 Å². The maximum Gasteiger partial charge on any atom is 0.326 e. The molecule has 3 N–H and O–H groups in total. The maximum absolute atomic E-state index is 11.6. The number of hydrogen-bond donors (Lipinski definition) is 3. The van der Waals surface area contributed by atoms with Crippen LogP contribution in [0.4, 0.5) is 0 Å². The van der Waals surface area contributed by atoms with Crippen molar-refractivity contribution in [2.75, 3.05) is 6.54 Å². The standard InChI is InChI=1S/C15H20N2O4/c1-2-12(15(20)21)17-13(18)8-9-16-14(19)10-11-6-4-3-5-7-11/h3-7,12H,2,8-10H2,1H3,(H,16,19)(H,17,18)(H,20,21). The molecule has 0 fully saturated rings. The first kappa shape index (κ1) is 16.7. The minimum Gasteiger partial charge on any atom is -0.480 e. The first-order valence-corrected chi connectivity index (χ1v) is 6.85. The molecule has 0 aliphatic carbocycles. The van der Waals surface area contributed by atoms with Gasteiger partial charge in [-0.25, -0.2) is 4.79 Å². The van der Waals surface area contributed by atoms with Gasteiger partial charge in [0.1, 0.15) is 6.04 Å². The van der Waals surface area contributed by atoms with Crippen molar-refractivity contribution in [1.29, 1.82) is 0 Å². The Morgan fingerprint density at radius 1 is 1.14 bits per heavy atom. The van der Waals surface area contributed by atoms with E-state index in [-0.39, 0.29) is 31.2 Å². The highest BCUT2D eigenvalue weighted by Gasteiger charge is 2.17. The van der Waals surface area contributed by atoms with Gasteiger partial charge in [-0.3, -0.25) is 9.59 Å². The SMILES string of the molecule is CCC(NC(=O)CCNC(=O)Cc1ccccc1)C(=O)O. The Kier molecular flexibility index (Phi) is 6.94. The molecule has 1 atom stereocenters. The van der Waals surface area contributed by atoms with Crippen LogP contribution in [-0.2, 0) is 20.8 Å². The number of aliphatic carboxylic acids is 1. The lowest BCUT2D eigenvalue weighted by molar-refractivity contribution is -0.142. The lowest BCUT2D eigenvalue weighted by Gasteiger charge is -2.12. The molecule has 2 amide bonds. The molecule has 0 radical (unpaired) electrons. The second kappa shape index (κ2) is 8.73. The van der Waals surface area contributed by atoms with Crippen LogP contribution in [0.25, 0.3) is 0 Å². The predicted octanol–water partition coefficient (Wildman–Crippen LogP) is 0.715. The summed E-state index contributed by atoms with van der Waals surface area (Å²) in [5.74, 6) is -1.61. The Bertz CT molecular complexity index is 488. The summed E-state index contributed by atoms with van der Waals surface area (Å²) in [6.45, 7) is 1.87. The predicted molar refractivity (Wildman–Crippen MR) is 77.6 cm³/mol. The largest absolute Gasteiger partial charge is 0.480 e. The van der Waals surface area contributed by atoms with Crippen LogP contribution in [0, 0.1) is 0 Å². The summed E-state index contributed by atoms with van der Waals surface area (Å²) in [5.41, 5.74) is 0.899. The summed E-state index contributed by atoms with van der Waals surface area (Å²) in [6.07, 6.45) is 0.640. The van der Waals surface area contributed by atoms with Crippen LogP contribution < -0.4 is 10.6 Å². The van der Waals surface area contributed by atoms with E-state index in [2.05, 4.69) is 10.6 Å².